The van der Waals surface area contributed by atoms with E-state index in [0.29, 0.717) is 25.5 Å². The van der Waals surface area contributed by atoms with E-state index in [9.17, 15) is 13.6 Å². The van der Waals surface area contributed by atoms with Gasteiger partial charge in [0.1, 0.15) is 0 Å². The Kier molecular flexibility index (Phi) is 9.52. The molecule has 0 saturated carbocycles. The van der Waals surface area contributed by atoms with Crippen molar-refractivity contribution in [3.8, 4) is 11.5 Å². The zero-order valence-electron chi connectivity index (χ0n) is 14.2. The van der Waals surface area contributed by atoms with Crippen LogP contribution in [0, 0.1) is 5.92 Å². The highest BCUT2D eigenvalue weighted by atomic mass is 35.5. The lowest BCUT2D eigenvalue weighted by Crippen LogP contribution is -2.23. The maximum atomic E-state index is 12.4. The minimum absolute atomic E-state index is 0. The van der Waals surface area contributed by atoms with Crippen molar-refractivity contribution in [3.05, 3.63) is 23.8 Å². The maximum absolute atomic E-state index is 12.4. The summed E-state index contributed by atoms with van der Waals surface area (Å²) in [7, 11) is 0. The van der Waals surface area contributed by atoms with Crippen molar-refractivity contribution < 1.29 is 23.0 Å². The van der Waals surface area contributed by atoms with Crippen LogP contribution in [0.3, 0.4) is 0 Å². The first kappa shape index (κ1) is 21.4. The summed E-state index contributed by atoms with van der Waals surface area (Å²) in [5, 5.41) is 6.13. The first-order valence-electron chi connectivity index (χ1n) is 8.26. The number of hydrogen-bond donors (Lipinski definition) is 2. The molecule has 1 fully saturated rings. The lowest BCUT2D eigenvalue weighted by atomic mass is 10.0. The van der Waals surface area contributed by atoms with Crippen LogP contribution in [0.2, 0.25) is 0 Å². The van der Waals surface area contributed by atoms with Gasteiger partial charge in [-0.15, -0.1) is 12.4 Å². The summed E-state index contributed by atoms with van der Waals surface area (Å²) in [5.41, 5.74) is 0.774. The molecular formula is C17H25ClF2N2O3. The predicted octanol–water partition coefficient (Wildman–Crippen LogP) is 3.11. The van der Waals surface area contributed by atoms with Crippen LogP contribution in [-0.2, 0) is 11.3 Å². The molecule has 1 aromatic rings. The van der Waals surface area contributed by atoms with Crippen LogP contribution in [0.15, 0.2) is 18.2 Å². The van der Waals surface area contributed by atoms with Crippen LogP contribution < -0.4 is 20.1 Å². The van der Waals surface area contributed by atoms with E-state index in [0.717, 1.165) is 31.5 Å². The van der Waals surface area contributed by atoms with Gasteiger partial charge in [-0.05, 0) is 56.5 Å². The third-order valence-corrected chi connectivity index (χ3v) is 3.96. The second-order valence-corrected chi connectivity index (χ2v) is 5.77. The van der Waals surface area contributed by atoms with Crippen LogP contribution in [0.4, 0.5) is 8.78 Å². The average Bonchev–Trinajstić information content (AvgIpc) is 3.06. The highest BCUT2D eigenvalue weighted by molar-refractivity contribution is 5.85. The van der Waals surface area contributed by atoms with Gasteiger partial charge in [-0.1, -0.05) is 6.07 Å². The summed E-state index contributed by atoms with van der Waals surface area (Å²) >= 11 is 0. The Labute approximate surface area is 152 Å². The molecule has 2 N–H and O–H groups in total. The zero-order valence-corrected chi connectivity index (χ0v) is 15.0. The number of carbonyl (C=O) groups excluding carboxylic acids is 1. The smallest absolute Gasteiger partial charge is 0.387 e. The van der Waals surface area contributed by atoms with Gasteiger partial charge in [-0.3, -0.25) is 4.79 Å². The van der Waals surface area contributed by atoms with Gasteiger partial charge in [0, 0.05) is 13.0 Å². The van der Waals surface area contributed by atoms with E-state index < -0.39 is 6.61 Å². The molecular weight excluding hydrogens is 354 g/mol. The SMILES string of the molecule is CCOc1cc(CNC(=O)CCC2CCNC2)ccc1OC(F)F.Cl. The van der Waals surface area contributed by atoms with Gasteiger partial charge >= 0.3 is 6.61 Å². The molecule has 1 unspecified atom stereocenters. The molecule has 142 valence electrons. The number of ether oxygens (including phenoxy) is 2. The Bertz CT molecular complexity index is 541. The quantitative estimate of drug-likeness (QED) is 0.693. The van der Waals surface area contributed by atoms with E-state index in [1.807, 2.05) is 0 Å². The van der Waals surface area contributed by atoms with Crippen LogP contribution in [-0.4, -0.2) is 32.2 Å². The standard InChI is InChI=1S/C17H24F2N2O3.ClH/c1-2-23-15-9-13(3-5-14(15)24-17(18)19)11-21-16(22)6-4-12-7-8-20-10-12;/h3,5,9,12,17,20H,2,4,6-8,10-11H2,1H3,(H,21,22);1H. The van der Waals surface area contributed by atoms with Gasteiger partial charge in [-0.2, -0.15) is 8.78 Å². The molecule has 0 aromatic heterocycles. The summed E-state index contributed by atoms with van der Waals surface area (Å²) in [4.78, 5) is 11.9. The Morgan fingerprint density at radius 1 is 1.40 bits per heavy atom. The summed E-state index contributed by atoms with van der Waals surface area (Å²) in [6.45, 7) is 1.54. The molecule has 5 nitrogen and oxygen atoms in total. The fourth-order valence-corrected chi connectivity index (χ4v) is 2.71. The fraction of sp³-hybridized carbons (Fsp3) is 0.588. The molecule has 0 bridgehead atoms. The molecule has 0 spiro atoms. The van der Waals surface area contributed by atoms with Crippen molar-refractivity contribution in [2.75, 3.05) is 19.7 Å². The molecule has 1 atom stereocenters. The number of nitrogens with one attached hydrogen (secondary N) is 2. The summed E-state index contributed by atoms with van der Waals surface area (Å²) in [6, 6.07) is 4.69. The number of carbonyl (C=O) groups is 1. The highest BCUT2D eigenvalue weighted by Crippen LogP contribution is 2.29. The zero-order chi connectivity index (χ0) is 17.4. The largest absolute Gasteiger partial charge is 0.490 e. The molecule has 0 aliphatic carbocycles. The summed E-state index contributed by atoms with van der Waals surface area (Å²) < 4.78 is 34.5. The average molecular weight is 379 g/mol. The predicted molar refractivity (Wildman–Crippen MR) is 93.5 cm³/mol. The summed E-state index contributed by atoms with van der Waals surface area (Å²) in [5.74, 6) is 0.816. The molecule has 25 heavy (non-hydrogen) atoms. The van der Waals surface area contributed by atoms with Crippen LogP contribution in [0.25, 0.3) is 0 Å². The topological polar surface area (TPSA) is 59.6 Å². The van der Waals surface area contributed by atoms with E-state index in [2.05, 4.69) is 15.4 Å². The number of halogens is 3. The van der Waals surface area contributed by atoms with E-state index in [1.165, 1.54) is 6.07 Å². The Morgan fingerprint density at radius 2 is 2.20 bits per heavy atom. The van der Waals surface area contributed by atoms with Crippen molar-refractivity contribution in [3.63, 3.8) is 0 Å². The Hall–Kier alpha value is -1.60. The molecule has 1 aromatic carbocycles. The minimum atomic E-state index is -2.90. The monoisotopic (exact) mass is 378 g/mol. The first-order chi connectivity index (χ1) is 11.6. The molecule has 1 saturated heterocycles. The highest BCUT2D eigenvalue weighted by Gasteiger charge is 2.16. The fourth-order valence-electron chi connectivity index (χ4n) is 2.71. The molecule has 1 aliphatic heterocycles. The lowest BCUT2D eigenvalue weighted by Gasteiger charge is -2.13. The van der Waals surface area contributed by atoms with E-state index >= 15 is 0 Å². The maximum Gasteiger partial charge on any atom is 0.387 e. The summed E-state index contributed by atoms with van der Waals surface area (Å²) in [6.07, 6.45) is 2.50. The van der Waals surface area contributed by atoms with E-state index in [-0.39, 0.29) is 29.8 Å². The third-order valence-electron chi connectivity index (χ3n) is 3.96. The number of benzene rings is 1. The van der Waals surface area contributed by atoms with Crippen molar-refractivity contribution in [2.45, 2.75) is 39.3 Å². The van der Waals surface area contributed by atoms with Gasteiger partial charge in [-0.25, -0.2) is 0 Å². The van der Waals surface area contributed by atoms with E-state index in [1.54, 1.807) is 19.1 Å². The number of hydrogen-bond acceptors (Lipinski definition) is 4. The molecule has 0 radical (unpaired) electrons. The molecule has 1 aliphatic rings. The molecule has 2 rings (SSSR count). The van der Waals surface area contributed by atoms with Gasteiger partial charge in [0.25, 0.3) is 0 Å². The second-order valence-electron chi connectivity index (χ2n) is 5.77. The lowest BCUT2D eigenvalue weighted by molar-refractivity contribution is -0.121. The van der Waals surface area contributed by atoms with Crippen LogP contribution >= 0.6 is 12.4 Å². The second kappa shape index (κ2) is 11.1. The number of rotatable bonds is 9. The minimum Gasteiger partial charge on any atom is -0.490 e. The molecule has 1 heterocycles. The van der Waals surface area contributed by atoms with Gasteiger partial charge in [0.2, 0.25) is 5.91 Å². The van der Waals surface area contributed by atoms with Gasteiger partial charge in [0.05, 0.1) is 6.61 Å². The normalized spacial score (nSPS) is 16.4. The van der Waals surface area contributed by atoms with Crippen LogP contribution in [0.1, 0.15) is 31.7 Å². The van der Waals surface area contributed by atoms with Crippen molar-refractivity contribution in [1.82, 2.24) is 10.6 Å². The van der Waals surface area contributed by atoms with Crippen LogP contribution in [0.5, 0.6) is 11.5 Å². The Balaban J connectivity index is 0.00000312. The first-order valence-corrected chi connectivity index (χ1v) is 8.26. The molecule has 8 heteroatoms. The van der Waals surface area contributed by atoms with Crippen molar-refractivity contribution >= 4 is 18.3 Å². The third kappa shape index (κ3) is 7.44. The number of amides is 1. The Morgan fingerprint density at radius 3 is 2.84 bits per heavy atom. The van der Waals surface area contributed by atoms with Gasteiger partial charge < -0.3 is 20.1 Å². The van der Waals surface area contributed by atoms with E-state index in [4.69, 9.17) is 4.74 Å². The molecule has 1 amide bonds. The van der Waals surface area contributed by atoms with Crippen molar-refractivity contribution in [2.24, 2.45) is 5.92 Å². The number of alkyl halides is 2. The van der Waals surface area contributed by atoms with Crippen molar-refractivity contribution in [1.29, 1.82) is 0 Å². The van der Waals surface area contributed by atoms with Gasteiger partial charge in [0.15, 0.2) is 11.5 Å².